The number of hydrogen-bond acceptors (Lipinski definition) is 4. The lowest BCUT2D eigenvalue weighted by Crippen LogP contribution is -2.58. The molecule has 1 amide bonds. The number of hydrogen-bond donors (Lipinski definition) is 1. The summed E-state index contributed by atoms with van der Waals surface area (Å²) in [5.41, 5.74) is 1.03. The van der Waals surface area contributed by atoms with Crippen LogP contribution in [0.15, 0.2) is 46.9 Å². The van der Waals surface area contributed by atoms with Gasteiger partial charge in [-0.3, -0.25) is 9.69 Å². The fourth-order valence-electron chi connectivity index (χ4n) is 3.61. The molecule has 1 N–H and O–H groups in total. The Morgan fingerprint density at radius 2 is 1.83 bits per heavy atom. The summed E-state index contributed by atoms with van der Waals surface area (Å²) < 4.78 is 19.3. The number of ether oxygens (including phenoxy) is 1. The summed E-state index contributed by atoms with van der Waals surface area (Å²) in [5, 5.41) is 9.32. The van der Waals surface area contributed by atoms with Crippen LogP contribution in [0.4, 0.5) is 4.39 Å². The van der Waals surface area contributed by atoms with Gasteiger partial charge in [0, 0.05) is 36.2 Å². The third-order valence-corrected chi connectivity index (χ3v) is 5.75. The van der Waals surface area contributed by atoms with E-state index in [4.69, 9.17) is 4.74 Å². The third-order valence-electron chi connectivity index (χ3n) is 5.26. The lowest BCUT2D eigenvalue weighted by molar-refractivity contribution is -0.139. The van der Waals surface area contributed by atoms with E-state index < -0.39 is 5.97 Å². The Morgan fingerprint density at radius 3 is 2.50 bits per heavy atom. The number of halogens is 2. The van der Waals surface area contributed by atoms with Crippen molar-refractivity contribution in [2.24, 2.45) is 0 Å². The van der Waals surface area contributed by atoms with Gasteiger partial charge in [0.25, 0.3) is 5.91 Å². The quantitative estimate of drug-likeness (QED) is 0.683. The molecular formula is C22H24BrFN2O4. The normalized spacial score (nSPS) is 19.5. The Kier molecular flexibility index (Phi) is 7.10. The lowest BCUT2D eigenvalue weighted by Gasteiger charge is -2.44. The van der Waals surface area contributed by atoms with Crippen LogP contribution in [-0.2, 0) is 11.3 Å². The molecule has 2 aromatic rings. The van der Waals surface area contributed by atoms with Crippen molar-refractivity contribution in [1.82, 2.24) is 9.80 Å². The number of carboxylic acid groups (broad SMARTS) is 1. The van der Waals surface area contributed by atoms with Crippen LogP contribution in [-0.4, -0.2) is 58.6 Å². The second kappa shape index (κ2) is 9.57. The number of benzene rings is 2. The number of piperazine rings is 1. The topological polar surface area (TPSA) is 70.1 Å². The highest BCUT2D eigenvalue weighted by Gasteiger charge is 2.32. The van der Waals surface area contributed by atoms with Gasteiger partial charge in [-0.1, -0.05) is 28.1 Å². The molecule has 0 spiro atoms. The van der Waals surface area contributed by atoms with Gasteiger partial charge in [0.2, 0.25) is 0 Å². The highest BCUT2D eigenvalue weighted by Crippen LogP contribution is 2.24. The molecule has 6 nitrogen and oxygen atoms in total. The Bertz CT molecular complexity index is 922. The average molecular weight is 479 g/mol. The number of aromatic carboxylic acids is 1. The van der Waals surface area contributed by atoms with Crippen molar-refractivity contribution in [3.8, 4) is 5.75 Å². The number of amides is 1. The maximum atomic E-state index is 13.1. The van der Waals surface area contributed by atoms with Gasteiger partial charge in [0.15, 0.2) is 6.61 Å². The van der Waals surface area contributed by atoms with Crippen LogP contribution >= 0.6 is 15.9 Å². The monoisotopic (exact) mass is 478 g/mol. The molecule has 0 bridgehead atoms. The first-order valence-electron chi connectivity index (χ1n) is 9.68. The Labute approximate surface area is 183 Å². The minimum Gasteiger partial charge on any atom is -0.483 e. The van der Waals surface area contributed by atoms with Gasteiger partial charge in [0.1, 0.15) is 17.1 Å². The summed E-state index contributed by atoms with van der Waals surface area (Å²) in [4.78, 5) is 28.2. The van der Waals surface area contributed by atoms with Crippen LogP contribution < -0.4 is 4.74 Å². The predicted octanol–water partition coefficient (Wildman–Crippen LogP) is 3.79. The van der Waals surface area contributed by atoms with E-state index >= 15 is 0 Å². The van der Waals surface area contributed by atoms with E-state index in [1.54, 1.807) is 23.1 Å². The molecule has 2 aromatic carbocycles. The molecule has 1 saturated heterocycles. The minimum atomic E-state index is -1.12. The summed E-state index contributed by atoms with van der Waals surface area (Å²) >= 11 is 3.24. The number of nitrogens with zero attached hydrogens (tertiary/aromatic N) is 2. The van der Waals surface area contributed by atoms with Crippen LogP contribution in [0, 0.1) is 5.82 Å². The zero-order valence-electron chi connectivity index (χ0n) is 16.8. The van der Waals surface area contributed by atoms with Gasteiger partial charge < -0.3 is 14.7 Å². The minimum absolute atomic E-state index is 0.00251. The predicted molar refractivity (Wildman–Crippen MR) is 114 cm³/mol. The summed E-state index contributed by atoms with van der Waals surface area (Å²) in [5.74, 6) is -1.40. The first kappa shape index (κ1) is 22.2. The van der Waals surface area contributed by atoms with Crippen molar-refractivity contribution < 1.29 is 23.8 Å². The van der Waals surface area contributed by atoms with Crippen LogP contribution in [0.2, 0.25) is 0 Å². The van der Waals surface area contributed by atoms with E-state index in [1.165, 1.54) is 24.3 Å². The van der Waals surface area contributed by atoms with Crippen molar-refractivity contribution in [2.45, 2.75) is 32.5 Å². The van der Waals surface area contributed by atoms with Gasteiger partial charge in [-0.15, -0.1) is 0 Å². The fraction of sp³-hybridized carbons (Fsp3) is 0.364. The molecule has 0 aliphatic carbocycles. The van der Waals surface area contributed by atoms with Crippen LogP contribution in [0.3, 0.4) is 0 Å². The van der Waals surface area contributed by atoms with Gasteiger partial charge in [-0.25, -0.2) is 9.18 Å². The van der Waals surface area contributed by atoms with Gasteiger partial charge >= 0.3 is 5.97 Å². The Balaban J connectivity index is 1.60. The molecule has 1 aliphatic rings. The number of carboxylic acids is 1. The molecule has 0 aromatic heterocycles. The Morgan fingerprint density at radius 1 is 1.13 bits per heavy atom. The van der Waals surface area contributed by atoms with E-state index in [1.807, 2.05) is 13.8 Å². The summed E-state index contributed by atoms with van der Waals surface area (Å²) in [6.07, 6.45) is 0. The second-order valence-electron chi connectivity index (χ2n) is 7.53. The standard InChI is InChI=1S/C22H24BrFN2O4/c1-14-11-26(15(2)10-25(14)12-16-3-6-18(24)7-4-16)21(27)13-30-20-8-5-17(23)9-19(20)22(28)29/h3-9,14-15H,10-13H2,1-2H3,(H,28,29). The van der Waals surface area contributed by atoms with E-state index in [-0.39, 0.29) is 41.7 Å². The molecule has 2 atom stereocenters. The molecule has 0 radical (unpaired) electrons. The molecule has 1 heterocycles. The first-order chi connectivity index (χ1) is 14.2. The van der Waals surface area contributed by atoms with Crippen molar-refractivity contribution in [3.63, 3.8) is 0 Å². The molecule has 1 fully saturated rings. The second-order valence-corrected chi connectivity index (χ2v) is 8.45. The maximum Gasteiger partial charge on any atom is 0.339 e. The van der Waals surface area contributed by atoms with Crippen molar-refractivity contribution in [1.29, 1.82) is 0 Å². The molecular weight excluding hydrogens is 455 g/mol. The largest absolute Gasteiger partial charge is 0.483 e. The van der Waals surface area contributed by atoms with Gasteiger partial charge in [-0.05, 0) is 49.7 Å². The van der Waals surface area contributed by atoms with Crippen LogP contribution in [0.25, 0.3) is 0 Å². The fourth-order valence-corrected chi connectivity index (χ4v) is 3.97. The van der Waals surface area contributed by atoms with Gasteiger partial charge in [0.05, 0.1) is 0 Å². The zero-order valence-corrected chi connectivity index (χ0v) is 18.4. The highest BCUT2D eigenvalue weighted by molar-refractivity contribution is 9.10. The van der Waals surface area contributed by atoms with E-state index in [2.05, 4.69) is 20.8 Å². The summed E-state index contributed by atoms with van der Waals surface area (Å²) in [7, 11) is 0. The third kappa shape index (κ3) is 5.37. The van der Waals surface area contributed by atoms with Crippen molar-refractivity contribution >= 4 is 27.8 Å². The van der Waals surface area contributed by atoms with Crippen LogP contribution in [0.1, 0.15) is 29.8 Å². The lowest BCUT2D eigenvalue weighted by atomic mass is 10.1. The molecule has 0 saturated carbocycles. The van der Waals surface area contributed by atoms with Gasteiger partial charge in [-0.2, -0.15) is 0 Å². The number of carbonyl (C=O) groups is 2. The molecule has 2 unspecified atom stereocenters. The van der Waals surface area contributed by atoms with E-state index in [0.717, 1.165) is 5.56 Å². The Hall–Kier alpha value is -2.45. The number of carbonyl (C=O) groups excluding carboxylic acids is 1. The zero-order chi connectivity index (χ0) is 21.8. The molecule has 30 heavy (non-hydrogen) atoms. The van der Waals surface area contributed by atoms with Crippen molar-refractivity contribution in [2.75, 3.05) is 19.7 Å². The summed E-state index contributed by atoms with van der Waals surface area (Å²) in [6.45, 7) is 5.71. The smallest absolute Gasteiger partial charge is 0.339 e. The first-order valence-corrected chi connectivity index (χ1v) is 10.5. The number of rotatable bonds is 6. The maximum absolute atomic E-state index is 13.1. The van der Waals surface area contributed by atoms with Crippen LogP contribution in [0.5, 0.6) is 5.75 Å². The van der Waals surface area contributed by atoms with E-state index in [9.17, 15) is 19.1 Å². The highest BCUT2D eigenvalue weighted by atomic mass is 79.9. The molecule has 8 heteroatoms. The average Bonchev–Trinajstić information content (AvgIpc) is 2.70. The van der Waals surface area contributed by atoms with Crippen molar-refractivity contribution in [3.05, 3.63) is 63.9 Å². The molecule has 1 aliphatic heterocycles. The SMILES string of the molecule is CC1CN(C(=O)COc2ccc(Br)cc2C(=O)O)C(C)CN1Cc1ccc(F)cc1. The summed E-state index contributed by atoms with van der Waals surface area (Å²) in [6, 6.07) is 11.2. The molecule has 3 rings (SSSR count). The van der Waals surface area contributed by atoms with E-state index in [0.29, 0.717) is 24.1 Å². The molecule has 160 valence electrons.